The van der Waals surface area contributed by atoms with Crippen molar-refractivity contribution in [3.05, 3.63) is 29.3 Å². The normalized spacial score (nSPS) is 21.8. The Bertz CT molecular complexity index is 394. The molecule has 1 aliphatic heterocycles. The minimum atomic E-state index is 0.147. The lowest BCUT2D eigenvalue weighted by molar-refractivity contribution is 0.392. The average Bonchev–Trinajstić information content (AvgIpc) is 2.59. The Hall–Kier alpha value is -1.02. The van der Waals surface area contributed by atoms with Crippen LogP contribution in [-0.4, -0.2) is 12.6 Å². The molecule has 1 heterocycles. The zero-order valence-corrected chi connectivity index (χ0v) is 9.95. The average molecular weight is 216 g/mol. The first-order valence-corrected chi connectivity index (χ1v) is 6.41. The smallest absolute Gasteiger partial charge is 0.0405 e. The lowest BCUT2D eigenvalue weighted by atomic mass is 9.91. The molecule has 2 heteroatoms. The van der Waals surface area contributed by atoms with Crippen LogP contribution in [0.15, 0.2) is 18.2 Å². The van der Waals surface area contributed by atoms with Gasteiger partial charge in [-0.15, -0.1) is 0 Å². The summed E-state index contributed by atoms with van der Waals surface area (Å²) in [6.45, 7) is 3.27. The van der Waals surface area contributed by atoms with Gasteiger partial charge in [0.15, 0.2) is 0 Å². The first-order chi connectivity index (χ1) is 7.75. The van der Waals surface area contributed by atoms with E-state index in [-0.39, 0.29) is 6.04 Å². The van der Waals surface area contributed by atoms with Crippen LogP contribution >= 0.6 is 0 Å². The number of nitrogens with zero attached hydrogens (tertiary/aromatic N) is 1. The Balaban J connectivity index is 1.93. The minimum absolute atomic E-state index is 0.147. The van der Waals surface area contributed by atoms with Crippen molar-refractivity contribution in [1.82, 2.24) is 0 Å². The molecule has 3 rings (SSSR count). The van der Waals surface area contributed by atoms with Gasteiger partial charge in [0.25, 0.3) is 0 Å². The highest BCUT2D eigenvalue weighted by molar-refractivity contribution is 5.60. The van der Waals surface area contributed by atoms with E-state index in [1.54, 1.807) is 0 Å². The molecule has 1 atom stereocenters. The molecular weight excluding hydrogens is 196 g/mol. The second-order valence-electron chi connectivity index (χ2n) is 5.20. The zero-order chi connectivity index (χ0) is 11.1. The molecule has 0 amide bonds. The van der Waals surface area contributed by atoms with E-state index in [4.69, 9.17) is 5.73 Å². The van der Waals surface area contributed by atoms with Gasteiger partial charge in [-0.2, -0.15) is 0 Å². The summed E-state index contributed by atoms with van der Waals surface area (Å²) in [7, 11) is 0. The molecule has 2 nitrogen and oxygen atoms in total. The van der Waals surface area contributed by atoms with Gasteiger partial charge < -0.3 is 10.6 Å². The molecule has 0 spiro atoms. The highest BCUT2D eigenvalue weighted by Gasteiger charge is 2.30. The summed E-state index contributed by atoms with van der Waals surface area (Å²) in [5.74, 6) is 0. The Morgan fingerprint density at radius 3 is 2.81 bits per heavy atom. The second-order valence-corrected chi connectivity index (χ2v) is 5.20. The van der Waals surface area contributed by atoms with Gasteiger partial charge in [-0.05, 0) is 49.8 Å². The Kier molecular flexibility index (Phi) is 2.40. The number of benzene rings is 1. The summed E-state index contributed by atoms with van der Waals surface area (Å²) in [5.41, 5.74) is 10.2. The van der Waals surface area contributed by atoms with E-state index in [9.17, 15) is 0 Å². The van der Waals surface area contributed by atoms with E-state index in [1.807, 2.05) is 0 Å². The van der Waals surface area contributed by atoms with Crippen molar-refractivity contribution >= 4 is 5.69 Å². The maximum atomic E-state index is 5.96. The highest BCUT2D eigenvalue weighted by Crippen LogP contribution is 2.37. The molecule has 0 saturated heterocycles. The summed E-state index contributed by atoms with van der Waals surface area (Å²) in [6, 6.07) is 7.73. The third kappa shape index (κ3) is 1.52. The first kappa shape index (κ1) is 10.2. The van der Waals surface area contributed by atoms with Crippen molar-refractivity contribution in [1.29, 1.82) is 0 Å². The number of hydrogen-bond acceptors (Lipinski definition) is 2. The molecule has 1 unspecified atom stereocenters. The Labute approximate surface area is 97.4 Å². The molecule has 1 aromatic carbocycles. The van der Waals surface area contributed by atoms with Gasteiger partial charge >= 0.3 is 0 Å². The van der Waals surface area contributed by atoms with Crippen LogP contribution in [0.2, 0.25) is 0 Å². The molecule has 16 heavy (non-hydrogen) atoms. The van der Waals surface area contributed by atoms with Crippen molar-refractivity contribution in [2.75, 3.05) is 11.4 Å². The third-order valence-corrected chi connectivity index (χ3v) is 4.08. The molecule has 1 aliphatic carbocycles. The lowest BCUT2D eigenvalue weighted by Crippen LogP contribution is -2.38. The van der Waals surface area contributed by atoms with Crippen LogP contribution in [0.3, 0.4) is 0 Å². The van der Waals surface area contributed by atoms with Crippen molar-refractivity contribution < 1.29 is 0 Å². The van der Waals surface area contributed by atoms with Gasteiger partial charge in [-0.1, -0.05) is 12.1 Å². The molecule has 2 aliphatic rings. The molecule has 86 valence electrons. The van der Waals surface area contributed by atoms with Crippen LogP contribution in [0, 0.1) is 0 Å². The first-order valence-electron chi connectivity index (χ1n) is 6.41. The summed E-state index contributed by atoms with van der Waals surface area (Å²) >= 11 is 0. The molecule has 1 fully saturated rings. The fourth-order valence-corrected chi connectivity index (χ4v) is 2.78. The van der Waals surface area contributed by atoms with Gasteiger partial charge in [0.1, 0.15) is 0 Å². The van der Waals surface area contributed by atoms with Gasteiger partial charge in [-0.3, -0.25) is 0 Å². The lowest BCUT2D eigenvalue weighted by Gasteiger charge is -2.37. The van der Waals surface area contributed by atoms with E-state index in [0.717, 1.165) is 6.04 Å². The molecular formula is C14H20N2. The van der Waals surface area contributed by atoms with Gasteiger partial charge in [0, 0.05) is 24.3 Å². The fourth-order valence-electron chi connectivity index (χ4n) is 2.78. The summed E-state index contributed by atoms with van der Waals surface area (Å²) in [6.07, 6.45) is 5.37. The quantitative estimate of drug-likeness (QED) is 0.823. The highest BCUT2D eigenvalue weighted by atomic mass is 15.2. The predicted octanol–water partition coefficient (Wildman–Crippen LogP) is 2.62. The maximum absolute atomic E-state index is 5.96. The van der Waals surface area contributed by atoms with Crippen LogP contribution in [0.1, 0.15) is 43.4 Å². The molecule has 1 aromatic rings. The van der Waals surface area contributed by atoms with E-state index in [1.165, 1.54) is 49.0 Å². The number of rotatable bonds is 2. The van der Waals surface area contributed by atoms with Gasteiger partial charge in [0.2, 0.25) is 0 Å². The zero-order valence-electron chi connectivity index (χ0n) is 9.95. The van der Waals surface area contributed by atoms with Crippen LogP contribution in [0.5, 0.6) is 0 Å². The maximum Gasteiger partial charge on any atom is 0.0405 e. The van der Waals surface area contributed by atoms with Crippen molar-refractivity contribution in [3.63, 3.8) is 0 Å². The molecule has 0 aromatic heterocycles. The summed E-state index contributed by atoms with van der Waals surface area (Å²) < 4.78 is 0. The monoisotopic (exact) mass is 216 g/mol. The van der Waals surface area contributed by atoms with Crippen molar-refractivity contribution in [3.8, 4) is 0 Å². The molecule has 0 radical (unpaired) electrons. The fraction of sp³-hybridized carbons (Fsp3) is 0.571. The molecule has 1 saturated carbocycles. The second kappa shape index (κ2) is 3.77. The number of hydrogen-bond donors (Lipinski definition) is 1. The number of nitrogens with two attached hydrogens (primary N) is 1. The van der Waals surface area contributed by atoms with Gasteiger partial charge in [0.05, 0.1) is 0 Å². The summed E-state index contributed by atoms with van der Waals surface area (Å²) in [4.78, 5) is 2.60. The Morgan fingerprint density at radius 2 is 2.19 bits per heavy atom. The minimum Gasteiger partial charge on any atom is -0.368 e. The van der Waals surface area contributed by atoms with Crippen molar-refractivity contribution in [2.24, 2.45) is 5.73 Å². The number of fused-ring (bicyclic) bond motifs is 1. The topological polar surface area (TPSA) is 29.3 Å². The van der Waals surface area contributed by atoms with Gasteiger partial charge in [-0.25, -0.2) is 0 Å². The number of anilines is 1. The van der Waals surface area contributed by atoms with Crippen LogP contribution in [0.4, 0.5) is 5.69 Å². The van der Waals surface area contributed by atoms with Crippen LogP contribution in [0.25, 0.3) is 0 Å². The van der Waals surface area contributed by atoms with E-state index >= 15 is 0 Å². The van der Waals surface area contributed by atoms with E-state index in [0.29, 0.717) is 0 Å². The van der Waals surface area contributed by atoms with E-state index in [2.05, 4.69) is 30.0 Å². The van der Waals surface area contributed by atoms with Crippen LogP contribution in [-0.2, 0) is 6.42 Å². The predicted molar refractivity (Wildman–Crippen MR) is 67.7 cm³/mol. The molecule has 2 N–H and O–H groups in total. The molecule has 0 bridgehead atoms. The SMILES string of the molecule is CC(N)c1ccc2c(c1)N(C1CCC1)CC2. The largest absolute Gasteiger partial charge is 0.368 e. The van der Waals surface area contributed by atoms with Crippen molar-refractivity contribution in [2.45, 2.75) is 44.7 Å². The standard InChI is InChI=1S/C14H20N2/c1-10(15)12-6-5-11-7-8-16(14(11)9-12)13-3-2-4-13/h5-6,9-10,13H,2-4,7-8,15H2,1H3. The van der Waals surface area contributed by atoms with E-state index < -0.39 is 0 Å². The summed E-state index contributed by atoms with van der Waals surface area (Å²) in [5, 5.41) is 0. The third-order valence-electron chi connectivity index (χ3n) is 4.08. The van der Waals surface area contributed by atoms with Crippen LogP contribution < -0.4 is 10.6 Å². The Morgan fingerprint density at radius 1 is 1.38 bits per heavy atom.